The van der Waals surface area contributed by atoms with Crippen molar-refractivity contribution < 1.29 is 22.6 Å². The van der Waals surface area contributed by atoms with Crippen LogP contribution in [0.3, 0.4) is 0 Å². The first-order valence-corrected chi connectivity index (χ1v) is 10.5. The number of nitrogens with one attached hydrogen (secondary N) is 1. The molecule has 176 valence electrons. The molecule has 2 fully saturated rings. The predicted molar refractivity (Wildman–Crippen MR) is 125 cm³/mol. The number of likely N-dealkylation sites (tertiary alicyclic amines) is 1. The molecule has 2 saturated heterocycles. The lowest BCUT2D eigenvalue weighted by molar-refractivity contribution is -0.173. The molecule has 0 bridgehead atoms. The average Bonchev–Trinajstić information content (AvgIpc) is 3.15. The number of rotatable bonds is 8. The number of benzene rings is 1. The Kier molecular flexibility index (Phi) is 10.8. The lowest BCUT2D eigenvalue weighted by Crippen LogP contribution is -2.50. The van der Waals surface area contributed by atoms with Gasteiger partial charge < -0.3 is 19.7 Å². The van der Waals surface area contributed by atoms with Gasteiger partial charge in [-0.25, -0.2) is 0 Å². The van der Waals surface area contributed by atoms with Crippen molar-refractivity contribution in [3.63, 3.8) is 0 Å². The highest BCUT2D eigenvalue weighted by Crippen LogP contribution is 2.24. The first-order chi connectivity index (χ1) is 14.5. The Bertz CT molecular complexity index is 678. The van der Waals surface area contributed by atoms with Crippen molar-refractivity contribution >= 4 is 29.9 Å². The quantitative estimate of drug-likeness (QED) is 0.231. The first kappa shape index (κ1) is 26.1. The molecule has 3 rings (SSSR count). The number of halogens is 4. The summed E-state index contributed by atoms with van der Waals surface area (Å²) in [6.07, 6.45) is -3.71. The molecular weight excluding hydrogens is 524 g/mol. The van der Waals surface area contributed by atoms with Gasteiger partial charge in [-0.1, -0.05) is 30.3 Å². The van der Waals surface area contributed by atoms with E-state index < -0.39 is 12.8 Å². The van der Waals surface area contributed by atoms with Crippen LogP contribution in [0.1, 0.15) is 18.9 Å². The Labute approximate surface area is 199 Å². The molecule has 1 aromatic carbocycles. The van der Waals surface area contributed by atoms with Crippen LogP contribution in [0.25, 0.3) is 0 Å². The van der Waals surface area contributed by atoms with Crippen molar-refractivity contribution in [1.82, 2.24) is 15.1 Å². The molecule has 0 amide bonds. The van der Waals surface area contributed by atoms with E-state index >= 15 is 0 Å². The van der Waals surface area contributed by atoms with E-state index in [9.17, 15) is 13.2 Å². The first-order valence-electron chi connectivity index (χ1n) is 10.5. The fourth-order valence-electron chi connectivity index (χ4n) is 3.91. The number of guanidine groups is 1. The molecule has 2 aliphatic rings. The highest BCUT2D eigenvalue weighted by atomic mass is 127. The van der Waals surface area contributed by atoms with E-state index in [0.29, 0.717) is 19.6 Å². The van der Waals surface area contributed by atoms with Crippen LogP contribution in [-0.2, 0) is 16.0 Å². The van der Waals surface area contributed by atoms with Crippen molar-refractivity contribution in [2.24, 2.45) is 4.99 Å². The van der Waals surface area contributed by atoms with E-state index in [-0.39, 0.29) is 42.7 Å². The number of hydrogen-bond acceptors (Lipinski definition) is 4. The van der Waals surface area contributed by atoms with Crippen LogP contribution in [0.2, 0.25) is 0 Å². The summed E-state index contributed by atoms with van der Waals surface area (Å²) in [5.74, 6) is 0.783. The average molecular weight is 556 g/mol. The van der Waals surface area contributed by atoms with Gasteiger partial charge in [0.1, 0.15) is 6.61 Å². The lowest BCUT2D eigenvalue weighted by atomic mass is 10.1. The third-order valence-electron chi connectivity index (χ3n) is 5.25. The maximum atomic E-state index is 12.1. The summed E-state index contributed by atoms with van der Waals surface area (Å²) in [4.78, 5) is 9.26. The van der Waals surface area contributed by atoms with Gasteiger partial charge in [0.15, 0.2) is 5.96 Å². The standard InChI is InChI=1S/C21H31F3N4O2.HI/c1-2-25-20(26-9-6-11-29-16-21(22,23)24)28-14-18-19(15-28)30-12-10-27(18)13-17-7-4-3-5-8-17;/h3-5,7-8,18-19H,2,6,9-16H2,1H3,(H,25,26);1H. The number of fused-ring (bicyclic) bond motifs is 1. The second kappa shape index (κ2) is 12.8. The van der Waals surface area contributed by atoms with Gasteiger partial charge in [-0.3, -0.25) is 9.89 Å². The zero-order valence-corrected chi connectivity index (χ0v) is 20.1. The van der Waals surface area contributed by atoms with Gasteiger partial charge in [-0.05, 0) is 18.9 Å². The number of aliphatic imine (C=N–C) groups is 1. The van der Waals surface area contributed by atoms with Gasteiger partial charge in [0.05, 0.1) is 18.8 Å². The second-order valence-electron chi connectivity index (χ2n) is 7.59. The Morgan fingerprint density at radius 1 is 1.26 bits per heavy atom. The number of alkyl halides is 3. The van der Waals surface area contributed by atoms with Gasteiger partial charge in [0.2, 0.25) is 0 Å². The molecule has 0 radical (unpaired) electrons. The summed E-state index contributed by atoms with van der Waals surface area (Å²) in [7, 11) is 0. The number of nitrogens with zero attached hydrogens (tertiary/aromatic N) is 3. The molecule has 2 heterocycles. The number of hydrogen-bond donors (Lipinski definition) is 1. The van der Waals surface area contributed by atoms with Gasteiger partial charge in [0.25, 0.3) is 0 Å². The van der Waals surface area contributed by atoms with Crippen LogP contribution in [0.4, 0.5) is 13.2 Å². The third kappa shape index (κ3) is 8.39. The second-order valence-corrected chi connectivity index (χ2v) is 7.59. The van der Waals surface area contributed by atoms with Crippen LogP contribution in [0, 0.1) is 0 Å². The summed E-state index contributed by atoms with van der Waals surface area (Å²) >= 11 is 0. The van der Waals surface area contributed by atoms with Gasteiger partial charge in [-0.15, -0.1) is 24.0 Å². The lowest BCUT2D eigenvalue weighted by Gasteiger charge is -2.36. The molecule has 2 unspecified atom stereocenters. The summed E-state index contributed by atoms with van der Waals surface area (Å²) in [5, 5.41) is 3.29. The Balaban J connectivity index is 0.00000341. The minimum absolute atomic E-state index is 0. The van der Waals surface area contributed by atoms with Crippen LogP contribution in [0.15, 0.2) is 35.3 Å². The zero-order valence-electron chi connectivity index (χ0n) is 17.8. The van der Waals surface area contributed by atoms with Crippen molar-refractivity contribution in [2.45, 2.75) is 38.2 Å². The monoisotopic (exact) mass is 556 g/mol. The number of morpholine rings is 1. The van der Waals surface area contributed by atoms with Gasteiger partial charge >= 0.3 is 6.18 Å². The maximum absolute atomic E-state index is 12.1. The molecule has 10 heteroatoms. The van der Waals surface area contributed by atoms with Crippen LogP contribution in [-0.4, -0.2) is 86.6 Å². The van der Waals surface area contributed by atoms with Crippen molar-refractivity contribution in [1.29, 1.82) is 0 Å². The van der Waals surface area contributed by atoms with Crippen molar-refractivity contribution in [3.8, 4) is 0 Å². The Morgan fingerprint density at radius 2 is 2.03 bits per heavy atom. The largest absolute Gasteiger partial charge is 0.411 e. The minimum Gasteiger partial charge on any atom is -0.373 e. The molecule has 0 saturated carbocycles. The molecule has 0 aliphatic carbocycles. The Morgan fingerprint density at radius 3 is 2.74 bits per heavy atom. The van der Waals surface area contributed by atoms with E-state index in [1.165, 1.54) is 5.56 Å². The molecule has 1 aromatic rings. The zero-order chi connectivity index (χ0) is 21.4. The SMILES string of the molecule is CCNC(=NCCCOCC(F)(F)F)N1CC2OCCN(Cc3ccccc3)C2C1.I. The summed E-state index contributed by atoms with van der Waals surface area (Å²) in [6, 6.07) is 10.7. The molecule has 6 nitrogen and oxygen atoms in total. The minimum atomic E-state index is -4.28. The fourth-order valence-corrected chi connectivity index (χ4v) is 3.91. The Hall–Kier alpha value is -1.11. The van der Waals surface area contributed by atoms with E-state index in [4.69, 9.17) is 4.74 Å². The normalized spacial score (nSPS) is 22.2. The predicted octanol–water partition coefficient (Wildman–Crippen LogP) is 3.12. The van der Waals surface area contributed by atoms with E-state index in [2.05, 4.69) is 49.1 Å². The molecular formula is C21H32F3IN4O2. The maximum Gasteiger partial charge on any atom is 0.411 e. The van der Waals surface area contributed by atoms with Crippen LogP contribution >= 0.6 is 24.0 Å². The van der Waals surface area contributed by atoms with Crippen molar-refractivity contribution in [3.05, 3.63) is 35.9 Å². The van der Waals surface area contributed by atoms with Gasteiger partial charge in [0, 0.05) is 45.9 Å². The molecule has 0 aromatic heterocycles. The molecule has 0 spiro atoms. The summed E-state index contributed by atoms with van der Waals surface area (Å²) in [5.41, 5.74) is 1.29. The molecule has 31 heavy (non-hydrogen) atoms. The smallest absolute Gasteiger partial charge is 0.373 e. The van der Waals surface area contributed by atoms with E-state index in [0.717, 1.165) is 38.7 Å². The van der Waals surface area contributed by atoms with Crippen LogP contribution in [0.5, 0.6) is 0 Å². The summed E-state index contributed by atoms with van der Waals surface area (Å²) < 4.78 is 47.1. The molecule has 1 N–H and O–H groups in total. The van der Waals surface area contributed by atoms with E-state index in [1.807, 2.05) is 13.0 Å². The highest BCUT2D eigenvalue weighted by Gasteiger charge is 2.41. The number of ether oxygens (including phenoxy) is 2. The molecule has 2 atom stereocenters. The summed E-state index contributed by atoms with van der Waals surface area (Å²) in [6.45, 7) is 6.06. The van der Waals surface area contributed by atoms with Crippen LogP contribution < -0.4 is 5.32 Å². The van der Waals surface area contributed by atoms with Crippen molar-refractivity contribution in [2.75, 3.05) is 52.5 Å². The van der Waals surface area contributed by atoms with Gasteiger partial charge in [-0.2, -0.15) is 13.2 Å². The molecule has 2 aliphatic heterocycles. The van der Waals surface area contributed by atoms with E-state index in [1.54, 1.807) is 0 Å². The highest BCUT2D eigenvalue weighted by molar-refractivity contribution is 14.0. The topological polar surface area (TPSA) is 49.3 Å². The fraction of sp³-hybridized carbons (Fsp3) is 0.667. The third-order valence-corrected chi connectivity index (χ3v) is 5.25.